The number of aromatic amines is 1. The van der Waals surface area contributed by atoms with E-state index < -0.39 is 11.7 Å². The van der Waals surface area contributed by atoms with E-state index in [9.17, 15) is 18.0 Å². The summed E-state index contributed by atoms with van der Waals surface area (Å²) < 4.78 is 40.2. The summed E-state index contributed by atoms with van der Waals surface area (Å²) in [5, 5.41) is 0. The summed E-state index contributed by atoms with van der Waals surface area (Å²) in [4.78, 5) is 18.5. The van der Waals surface area contributed by atoms with Crippen molar-refractivity contribution in [2.24, 2.45) is 0 Å². The van der Waals surface area contributed by atoms with E-state index in [1.807, 2.05) is 18.7 Å². The van der Waals surface area contributed by atoms with E-state index in [2.05, 4.69) is 29.6 Å². The highest BCUT2D eigenvalue weighted by atomic mass is 19.4. The molecule has 0 unspecified atom stereocenters. The molecule has 1 N–H and O–H groups in total. The van der Waals surface area contributed by atoms with Gasteiger partial charge in [0.15, 0.2) is 0 Å². The van der Waals surface area contributed by atoms with Crippen LogP contribution in [-0.2, 0) is 12.7 Å². The van der Waals surface area contributed by atoms with Gasteiger partial charge < -0.3 is 9.88 Å². The van der Waals surface area contributed by atoms with Crippen LogP contribution in [0.2, 0.25) is 0 Å². The fourth-order valence-electron chi connectivity index (χ4n) is 3.11. The topological polar surface area (TPSA) is 44.3 Å². The van der Waals surface area contributed by atoms with Gasteiger partial charge in [-0.2, -0.15) is 13.2 Å². The molecular formula is C22H31F3N4O. The van der Waals surface area contributed by atoms with Gasteiger partial charge in [0.2, 0.25) is 0 Å². The largest absolute Gasteiger partial charge is 0.416 e. The van der Waals surface area contributed by atoms with E-state index in [1.54, 1.807) is 22.9 Å². The van der Waals surface area contributed by atoms with E-state index in [0.717, 1.165) is 31.4 Å². The highest BCUT2D eigenvalue weighted by molar-refractivity contribution is 5.49. The standard InChI is InChI=1S/C17H21F3N4O.C3H6.C2H4/c1-13-12-21-16(25)24(13)10-7-22-5-8-23(9-6-22)15-4-2-3-14(11-15)17(18,19)20;1-3-2;1-2/h2-4,11-12H,5-10H2,1H3,(H,21,25);3H,1H2,2H3;1-2H2. The lowest BCUT2D eigenvalue weighted by molar-refractivity contribution is -0.137. The van der Waals surface area contributed by atoms with Gasteiger partial charge in [0, 0.05) is 56.8 Å². The van der Waals surface area contributed by atoms with Crippen LogP contribution in [0.25, 0.3) is 0 Å². The summed E-state index contributed by atoms with van der Waals surface area (Å²) in [5.41, 5.74) is 0.773. The van der Waals surface area contributed by atoms with Crippen LogP contribution < -0.4 is 10.6 Å². The van der Waals surface area contributed by atoms with E-state index in [-0.39, 0.29) is 5.69 Å². The van der Waals surface area contributed by atoms with Gasteiger partial charge in [0.05, 0.1) is 5.56 Å². The van der Waals surface area contributed by atoms with Gasteiger partial charge in [0.25, 0.3) is 0 Å². The van der Waals surface area contributed by atoms with Gasteiger partial charge in [-0.1, -0.05) is 12.1 Å². The van der Waals surface area contributed by atoms with Crippen molar-refractivity contribution < 1.29 is 13.2 Å². The number of rotatable bonds is 4. The van der Waals surface area contributed by atoms with E-state index in [1.165, 1.54) is 12.1 Å². The van der Waals surface area contributed by atoms with Gasteiger partial charge in [-0.15, -0.1) is 19.7 Å². The summed E-state index contributed by atoms with van der Waals surface area (Å²) in [5.74, 6) is 0. The van der Waals surface area contributed by atoms with Gasteiger partial charge >= 0.3 is 11.9 Å². The quantitative estimate of drug-likeness (QED) is 0.744. The van der Waals surface area contributed by atoms with E-state index >= 15 is 0 Å². The van der Waals surface area contributed by atoms with Gasteiger partial charge in [-0.05, 0) is 32.0 Å². The Morgan fingerprint density at radius 2 is 1.73 bits per heavy atom. The average molecular weight is 425 g/mol. The average Bonchev–Trinajstić information content (AvgIpc) is 3.06. The third-order valence-electron chi connectivity index (χ3n) is 4.63. The van der Waals surface area contributed by atoms with Crippen molar-refractivity contribution in [1.29, 1.82) is 0 Å². The number of aryl methyl sites for hydroxylation is 1. The number of nitrogens with one attached hydrogen (secondary N) is 1. The molecular weight excluding hydrogens is 393 g/mol. The van der Waals surface area contributed by atoms with Crippen LogP contribution in [0.5, 0.6) is 0 Å². The van der Waals surface area contributed by atoms with Gasteiger partial charge in [-0.25, -0.2) is 4.79 Å². The Bertz CT molecular complexity index is 833. The second-order valence-corrected chi connectivity index (χ2v) is 6.67. The molecule has 2 heterocycles. The van der Waals surface area contributed by atoms with E-state index in [4.69, 9.17) is 0 Å². The third kappa shape index (κ3) is 7.26. The van der Waals surface area contributed by atoms with Crippen LogP contribution in [0.3, 0.4) is 0 Å². The normalized spacial score (nSPS) is 14.2. The van der Waals surface area contributed by atoms with Crippen molar-refractivity contribution in [1.82, 2.24) is 14.5 Å². The predicted octanol–water partition coefficient (Wildman–Crippen LogP) is 4.32. The van der Waals surface area contributed by atoms with Crippen molar-refractivity contribution in [2.75, 3.05) is 37.6 Å². The molecule has 5 nitrogen and oxygen atoms in total. The van der Waals surface area contributed by atoms with Crippen LogP contribution >= 0.6 is 0 Å². The molecule has 30 heavy (non-hydrogen) atoms. The molecule has 1 aromatic heterocycles. The molecule has 0 bridgehead atoms. The molecule has 0 aliphatic carbocycles. The number of aromatic nitrogens is 2. The first-order chi connectivity index (χ1) is 14.3. The maximum absolute atomic E-state index is 12.8. The third-order valence-corrected chi connectivity index (χ3v) is 4.63. The Hall–Kier alpha value is -2.74. The summed E-state index contributed by atoms with van der Waals surface area (Å²) >= 11 is 0. The molecule has 166 valence electrons. The molecule has 1 aromatic carbocycles. The molecule has 3 rings (SSSR count). The molecule has 0 spiro atoms. The number of benzene rings is 1. The Balaban J connectivity index is 0.000000826. The fourth-order valence-corrected chi connectivity index (χ4v) is 3.11. The summed E-state index contributed by atoms with van der Waals surface area (Å²) in [6.07, 6.45) is -0.882. The smallest absolute Gasteiger partial charge is 0.369 e. The van der Waals surface area contributed by atoms with Crippen LogP contribution in [0.15, 0.2) is 61.1 Å². The Kier molecular flexibility index (Phi) is 10.2. The lowest BCUT2D eigenvalue weighted by atomic mass is 10.1. The molecule has 0 saturated carbocycles. The Labute approximate surface area is 176 Å². The molecule has 2 aromatic rings. The fraction of sp³-hybridized carbons (Fsp3) is 0.409. The van der Waals surface area contributed by atoms with Gasteiger partial charge in [0.1, 0.15) is 0 Å². The van der Waals surface area contributed by atoms with Crippen molar-refractivity contribution in [3.8, 4) is 0 Å². The highest BCUT2D eigenvalue weighted by Gasteiger charge is 2.31. The minimum atomic E-state index is -4.32. The molecule has 1 saturated heterocycles. The molecule has 1 aliphatic rings. The monoisotopic (exact) mass is 424 g/mol. The first kappa shape index (κ1) is 25.3. The Morgan fingerprint density at radius 1 is 1.13 bits per heavy atom. The molecule has 8 heteroatoms. The lowest BCUT2D eigenvalue weighted by Gasteiger charge is -2.36. The number of halogens is 3. The number of anilines is 1. The first-order valence-corrected chi connectivity index (χ1v) is 9.72. The minimum Gasteiger partial charge on any atom is -0.369 e. The summed E-state index contributed by atoms with van der Waals surface area (Å²) in [6, 6.07) is 5.47. The zero-order valence-electron chi connectivity index (χ0n) is 17.7. The zero-order chi connectivity index (χ0) is 22.7. The minimum absolute atomic E-state index is 0.111. The van der Waals surface area contributed by atoms with Crippen molar-refractivity contribution in [3.05, 3.63) is 78.0 Å². The number of allylic oxidation sites excluding steroid dienone is 1. The highest BCUT2D eigenvalue weighted by Crippen LogP contribution is 2.31. The first-order valence-electron chi connectivity index (χ1n) is 9.72. The van der Waals surface area contributed by atoms with Crippen molar-refractivity contribution in [3.63, 3.8) is 0 Å². The summed E-state index contributed by atoms with van der Waals surface area (Å²) in [7, 11) is 0. The molecule has 0 radical (unpaired) electrons. The van der Waals surface area contributed by atoms with Crippen molar-refractivity contribution >= 4 is 5.69 Å². The number of imidazole rings is 1. The van der Waals surface area contributed by atoms with Crippen LogP contribution in [0.1, 0.15) is 18.2 Å². The molecule has 0 atom stereocenters. The van der Waals surface area contributed by atoms with Crippen molar-refractivity contribution in [2.45, 2.75) is 26.6 Å². The maximum atomic E-state index is 12.8. The maximum Gasteiger partial charge on any atom is 0.416 e. The number of piperazine rings is 1. The second kappa shape index (κ2) is 12.1. The predicted molar refractivity (Wildman–Crippen MR) is 117 cm³/mol. The van der Waals surface area contributed by atoms with E-state index in [0.29, 0.717) is 25.3 Å². The molecule has 1 fully saturated rings. The second-order valence-electron chi connectivity index (χ2n) is 6.67. The number of nitrogens with zero attached hydrogens (tertiary/aromatic N) is 3. The number of alkyl halides is 3. The number of H-pyrrole nitrogens is 1. The molecule has 1 aliphatic heterocycles. The van der Waals surface area contributed by atoms with Crippen LogP contribution in [0.4, 0.5) is 18.9 Å². The number of hydrogen-bond donors (Lipinski definition) is 1. The lowest BCUT2D eigenvalue weighted by Crippen LogP contribution is -2.47. The van der Waals surface area contributed by atoms with Crippen LogP contribution in [0, 0.1) is 6.92 Å². The molecule has 0 amide bonds. The van der Waals surface area contributed by atoms with Gasteiger partial charge in [-0.3, -0.25) is 9.47 Å². The Morgan fingerprint density at radius 3 is 2.23 bits per heavy atom. The number of hydrogen-bond acceptors (Lipinski definition) is 3. The summed E-state index contributed by atoms with van der Waals surface area (Å²) in [6.45, 7) is 17.3. The SMILES string of the molecule is C=C.C=CC.Cc1c[nH]c(=O)n1CCN1CCN(c2cccc(C(F)(F)F)c2)CC1. The zero-order valence-corrected chi connectivity index (χ0v) is 17.7. The van der Waals surface area contributed by atoms with Crippen LogP contribution in [-0.4, -0.2) is 47.2 Å².